The number of hydrogen-bond donors (Lipinski definition) is 1. The van der Waals surface area contributed by atoms with Crippen molar-refractivity contribution in [3.63, 3.8) is 0 Å². The molecule has 0 aliphatic rings. The molecule has 0 heterocycles. The Bertz CT molecular complexity index is 551. The van der Waals surface area contributed by atoms with E-state index in [2.05, 4.69) is 25.0 Å². The van der Waals surface area contributed by atoms with Gasteiger partial charge in [0.15, 0.2) is 0 Å². The maximum Gasteiger partial charge on any atom is 0.0860 e. The van der Waals surface area contributed by atoms with Crippen molar-refractivity contribution < 1.29 is 5.11 Å². The Kier molecular flexibility index (Phi) is 6.43. The van der Waals surface area contributed by atoms with Gasteiger partial charge < -0.3 is 5.11 Å². The van der Waals surface area contributed by atoms with Crippen LogP contribution in [-0.2, 0) is 0 Å². The summed E-state index contributed by atoms with van der Waals surface area (Å²) in [6.07, 6.45) is 3.40. The van der Waals surface area contributed by atoms with Gasteiger partial charge in [0.1, 0.15) is 0 Å². The second-order valence-electron chi connectivity index (χ2n) is 4.74. The third-order valence-electron chi connectivity index (χ3n) is 3.35. The average molecular weight is 316 g/mol. The minimum Gasteiger partial charge on any atom is -0.388 e. The fraction of sp³-hybridized carbons (Fsp3) is 0.222. The Morgan fingerprint density at radius 2 is 1.71 bits per heavy atom. The van der Waals surface area contributed by atoms with E-state index in [-0.39, 0.29) is 5.92 Å². The fourth-order valence-corrected chi connectivity index (χ4v) is 3.51. The molecule has 0 aromatic heterocycles. The first-order valence-electron chi connectivity index (χ1n) is 6.87. The van der Waals surface area contributed by atoms with Gasteiger partial charge in [-0.2, -0.15) is 0 Å². The predicted molar refractivity (Wildman–Crippen MR) is 94.0 cm³/mol. The first-order valence-corrected chi connectivity index (χ1v) is 9.08. The van der Waals surface area contributed by atoms with E-state index in [1.54, 1.807) is 23.5 Å². The Hall–Kier alpha value is -1.16. The summed E-state index contributed by atoms with van der Waals surface area (Å²) in [4.78, 5) is 2.43. The van der Waals surface area contributed by atoms with Gasteiger partial charge in [0.2, 0.25) is 0 Å². The van der Waals surface area contributed by atoms with Crippen molar-refractivity contribution in [3.05, 3.63) is 72.8 Å². The lowest BCUT2D eigenvalue weighted by molar-refractivity contribution is 0.142. The molecule has 2 atom stereocenters. The zero-order chi connectivity index (χ0) is 15.1. The summed E-state index contributed by atoms with van der Waals surface area (Å²) in [5, 5.41) is 10.5. The lowest BCUT2D eigenvalue weighted by atomic mass is 9.97. The highest BCUT2D eigenvalue weighted by molar-refractivity contribution is 7.99. The van der Waals surface area contributed by atoms with Crippen LogP contribution in [0, 0.1) is 5.92 Å². The second kappa shape index (κ2) is 8.32. The zero-order valence-electron chi connectivity index (χ0n) is 12.1. The molecule has 0 spiro atoms. The molecule has 0 aliphatic carbocycles. The lowest BCUT2D eigenvalue weighted by Crippen LogP contribution is -2.12. The summed E-state index contributed by atoms with van der Waals surface area (Å²) in [5.74, 6) is 0.856. The van der Waals surface area contributed by atoms with Crippen LogP contribution in [0.3, 0.4) is 0 Å². The molecule has 21 heavy (non-hydrogen) atoms. The molecule has 1 N–H and O–H groups in total. The maximum absolute atomic E-state index is 10.5. The molecule has 0 fully saturated rings. The normalized spacial score (nSPS) is 13.6. The van der Waals surface area contributed by atoms with Crippen molar-refractivity contribution in [1.29, 1.82) is 0 Å². The van der Waals surface area contributed by atoms with Crippen molar-refractivity contribution in [2.75, 3.05) is 12.0 Å². The van der Waals surface area contributed by atoms with Gasteiger partial charge in [-0.25, -0.2) is 0 Å². The number of benzene rings is 2. The van der Waals surface area contributed by atoms with Gasteiger partial charge in [0.05, 0.1) is 6.10 Å². The summed E-state index contributed by atoms with van der Waals surface area (Å²) in [6, 6.07) is 18.3. The van der Waals surface area contributed by atoms with Gasteiger partial charge in [0, 0.05) is 21.5 Å². The highest BCUT2D eigenvalue weighted by Crippen LogP contribution is 2.30. The van der Waals surface area contributed by atoms with Crippen LogP contribution in [0.5, 0.6) is 0 Å². The molecule has 2 aromatic rings. The summed E-state index contributed by atoms with van der Waals surface area (Å²) < 4.78 is 0. The first kappa shape index (κ1) is 16.2. The minimum atomic E-state index is -0.505. The van der Waals surface area contributed by atoms with E-state index in [1.807, 2.05) is 48.5 Å². The molecular weight excluding hydrogens is 296 g/mol. The molecule has 0 saturated heterocycles. The van der Waals surface area contributed by atoms with Crippen LogP contribution in [0.4, 0.5) is 0 Å². The van der Waals surface area contributed by atoms with Crippen molar-refractivity contribution in [2.45, 2.75) is 15.9 Å². The van der Waals surface area contributed by atoms with E-state index in [0.717, 1.165) is 11.3 Å². The fourth-order valence-electron chi connectivity index (χ4n) is 2.05. The zero-order valence-corrected chi connectivity index (χ0v) is 13.7. The number of thioether (sulfide) groups is 2. The van der Waals surface area contributed by atoms with Crippen LogP contribution in [0.15, 0.2) is 77.0 Å². The molecule has 0 aliphatic heterocycles. The highest BCUT2D eigenvalue weighted by Gasteiger charge is 2.18. The van der Waals surface area contributed by atoms with Crippen molar-refractivity contribution in [2.24, 2.45) is 5.92 Å². The standard InChI is InChI=1S/C18H20OS2/c1-3-14(13-21-17-7-5-4-6-8-17)18(19)15-9-11-16(20-2)12-10-15/h3-12,14,18-19H,1,13H2,2H3/t14-,18+/m0/s1. The Balaban J connectivity index is 2.00. The monoisotopic (exact) mass is 316 g/mol. The van der Waals surface area contributed by atoms with E-state index >= 15 is 0 Å². The van der Waals surface area contributed by atoms with E-state index < -0.39 is 6.10 Å². The van der Waals surface area contributed by atoms with Crippen LogP contribution < -0.4 is 0 Å². The molecule has 0 unspecified atom stereocenters. The molecule has 2 aromatic carbocycles. The van der Waals surface area contributed by atoms with Gasteiger partial charge >= 0.3 is 0 Å². The molecular formula is C18H20OS2. The molecule has 110 valence electrons. The molecule has 2 rings (SSSR count). The molecule has 1 nitrogen and oxygen atoms in total. The molecule has 0 saturated carbocycles. The maximum atomic E-state index is 10.5. The number of aliphatic hydroxyl groups is 1. The van der Waals surface area contributed by atoms with Crippen molar-refractivity contribution in [3.8, 4) is 0 Å². The number of rotatable bonds is 7. The van der Waals surface area contributed by atoms with Crippen LogP contribution in [0.25, 0.3) is 0 Å². The smallest absolute Gasteiger partial charge is 0.0860 e. The molecule has 0 radical (unpaired) electrons. The third-order valence-corrected chi connectivity index (χ3v) is 5.25. The van der Waals surface area contributed by atoms with Gasteiger partial charge in [-0.05, 0) is 36.1 Å². The van der Waals surface area contributed by atoms with Crippen LogP contribution in [0.1, 0.15) is 11.7 Å². The van der Waals surface area contributed by atoms with Gasteiger partial charge in [-0.1, -0.05) is 36.4 Å². The van der Waals surface area contributed by atoms with Crippen LogP contribution in [0.2, 0.25) is 0 Å². The third kappa shape index (κ3) is 4.67. The molecule has 0 amide bonds. The van der Waals surface area contributed by atoms with Gasteiger partial charge in [0.25, 0.3) is 0 Å². The number of hydrogen-bond acceptors (Lipinski definition) is 3. The molecule has 0 bridgehead atoms. The average Bonchev–Trinajstić information content (AvgIpc) is 2.56. The summed E-state index contributed by atoms with van der Waals surface area (Å²) in [6.45, 7) is 3.88. The van der Waals surface area contributed by atoms with E-state index in [9.17, 15) is 5.11 Å². The van der Waals surface area contributed by atoms with Gasteiger partial charge in [-0.3, -0.25) is 0 Å². The van der Waals surface area contributed by atoms with Crippen LogP contribution >= 0.6 is 23.5 Å². The van der Waals surface area contributed by atoms with Gasteiger partial charge in [-0.15, -0.1) is 30.1 Å². The van der Waals surface area contributed by atoms with E-state index in [1.165, 1.54) is 9.79 Å². The minimum absolute atomic E-state index is 0.0373. The van der Waals surface area contributed by atoms with Crippen molar-refractivity contribution >= 4 is 23.5 Å². The Morgan fingerprint density at radius 3 is 2.29 bits per heavy atom. The highest BCUT2D eigenvalue weighted by atomic mass is 32.2. The quantitative estimate of drug-likeness (QED) is 0.571. The summed E-state index contributed by atoms with van der Waals surface area (Å²) >= 11 is 3.45. The summed E-state index contributed by atoms with van der Waals surface area (Å²) in [7, 11) is 0. The Morgan fingerprint density at radius 1 is 1.05 bits per heavy atom. The molecule has 3 heteroatoms. The van der Waals surface area contributed by atoms with Crippen molar-refractivity contribution in [1.82, 2.24) is 0 Å². The SMILES string of the molecule is C=C[C@@H](CSc1ccccc1)[C@@H](O)c1ccc(SC)cc1. The lowest BCUT2D eigenvalue weighted by Gasteiger charge is -2.20. The largest absolute Gasteiger partial charge is 0.388 e. The van der Waals surface area contributed by atoms with E-state index in [0.29, 0.717) is 0 Å². The van der Waals surface area contributed by atoms with Crippen LogP contribution in [-0.4, -0.2) is 17.1 Å². The summed E-state index contributed by atoms with van der Waals surface area (Å²) in [5.41, 5.74) is 0.950. The number of aliphatic hydroxyl groups excluding tert-OH is 1. The second-order valence-corrected chi connectivity index (χ2v) is 6.71. The Labute approximate surface area is 135 Å². The topological polar surface area (TPSA) is 20.2 Å². The predicted octanol–water partition coefficient (Wildman–Crippen LogP) is 5.04. The first-order chi connectivity index (χ1) is 10.2. The van der Waals surface area contributed by atoms with E-state index in [4.69, 9.17) is 0 Å².